The number of hydrogen-bond donors (Lipinski definition) is 0. The molecule has 1 unspecified atom stereocenters. The fraction of sp³-hybridized carbons (Fsp3) is 0.300. The molecule has 0 fully saturated rings. The lowest BCUT2D eigenvalue weighted by molar-refractivity contribution is 0.0508. The summed E-state index contributed by atoms with van der Waals surface area (Å²) in [6.07, 6.45) is 1.86. The first-order valence-electron chi connectivity index (χ1n) is 8.83. The Balaban J connectivity index is 1.77. The first-order valence-corrected chi connectivity index (χ1v) is 11.6. The molecule has 0 radical (unpaired) electrons. The van der Waals surface area contributed by atoms with Gasteiger partial charge in [0.2, 0.25) is 0 Å². The second kappa shape index (κ2) is 10.0. The van der Waals surface area contributed by atoms with Crippen molar-refractivity contribution in [1.29, 1.82) is 0 Å². The van der Waals surface area contributed by atoms with Crippen LogP contribution < -0.4 is 0 Å². The van der Waals surface area contributed by atoms with E-state index in [0.717, 1.165) is 17.4 Å². The van der Waals surface area contributed by atoms with Crippen LogP contribution in [0, 0.1) is 13.8 Å². The van der Waals surface area contributed by atoms with Crippen LogP contribution in [0.4, 0.5) is 0 Å². The van der Waals surface area contributed by atoms with Gasteiger partial charge in [-0.15, -0.1) is 0 Å². The van der Waals surface area contributed by atoms with E-state index in [4.69, 9.17) is 13.1 Å². The first-order chi connectivity index (χ1) is 13.6. The number of ether oxygens (including phenoxy) is 1. The van der Waals surface area contributed by atoms with Crippen LogP contribution in [0.5, 0.6) is 0 Å². The molecule has 0 saturated carbocycles. The van der Waals surface area contributed by atoms with Crippen LogP contribution in [-0.2, 0) is 33.3 Å². The average Bonchev–Trinajstić information content (AvgIpc) is 2.67. The molecule has 9 heteroatoms. The number of rotatable bonds is 10. The second-order valence-corrected chi connectivity index (χ2v) is 9.62. The standard InChI is InChI=1S/C20H24O7S2/c1-16-5-9-19(10-6-16)28(21,22)26-14-4-13-25-18(3)15-27-29(23,24)20-11-7-17(2)8-12-20/h4-12,14,18H,13,15H2,1-3H3/b14-4-. The third-order valence-corrected chi connectivity index (χ3v) is 6.34. The van der Waals surface area contributed by atoms with Gasteiger partial charge in [-0.05, 0) is 51.1 Å². The lowest BCUT2D eigenvalue weighted by atomic mass is 10.2. The number of aryl methyl sites for hydroxylation is 2. The summed E-state index contributed by atoms with van der Waals surface area (Å²) in [6, 6.07) is 12.6. The molecule has 29 heavy (non-hydrogen) atoms. The molecule has 2 aromatic rings. The minimum atomic E-state index is -3.89. The quantitative estimate of drug-likeness (QED) is 0.413. The van der Waals surface area contributed by atoms with Gasteiger partial charge in [0.05, 0.1) is 24.2 Å². The Kier molecular flexibility index (Phi) is 7.97. The van der Waals surface area contributed by atoms with E-state index in [2.05, 4.69) is 0 Å². The van der Waals surface area contributed by atoms with Gasteiger partial charge in [-0.2, -0.15) is 16.8 Å². The Labute approximate surface area is 172 Å². The highest BCUT2D eigenvalue weighted by Gasteiger charge is 2.17. The summed E-state index contributed by atoms with van der Waals surface area (Å²) < 4.78 is 63.4. The van der Waals surface area contributed by atoms with Crippen molar-refractivity contribution in [2.24, 2.45) is 0 Å². The Morgan fingerprint density at radius 2 is 1.31 bits per heavy atom. The topological polar surface area (TPSA) is 96.0 Å². The van der Waals surface area contributed by atoms with Crippen molar-refractivity contribution in [2.45, 2.75) is 36.7 Å². The van der Waals surface area contributed by atoms with Gasteiger partial charge in [0.15, 0.2) is 0 Å². The van der Waals surface area contributed by atoms with Gasteiger partial charge < -0.3 is 8.92 Å². The average molecular weight is 441 g/mol. The molecule has 0 aliphatic carbocycles. The van der Waals surface area contributed by atoms with Gasteiger partial charge in [0.1, 0.15) is 11.2 Å². The van der Waals surface area contributed by atoms with Crippen LogP contribution in [0.25, 0.3) is 0 Å². The van der Waals surface area contributed by atoms with E-state index in [-0.39, 0.29) is 23.0 Å². The van der Waals surface area contributed by atoms with Crippen LogP contribution in [0.15, 0.2) is 70.7 Å². The van der Waals surface area contributed by atoms with Gasteiger partial charge in [-0.25, -0.2) is 0 Å². The van der Waals surface area contributed by atoms with E-state index in [1.807, 2.05) is 13.8 Å². The molecular weight excluding hydrogens is 416 g/mol. The first kappa shape index (κ1) is 23.1. The van der Waals surface area contributed by atoms with Crippen LogP contribution in [0.1, 0.15) is 18.1 Å². The highest BCUT2D eigenvalue weighted by atomic mass is 32.2. The smallest absolute Gasteiger partial charge is 0.338 e. The minimum absolute atomic E-state index is 0.0263. The minimum Gasteiger partial charge on any atom is -0.387 e. The zero-order chi connectivity index (χ0) is 21.5. The monoisotopic (exact) mass is 440 g/mol. The molecule has 0 N–H and O–H groups in total. The molecule has 0 aromatic heterocycles. The maximum atomic E-state index is 12.1. The summed E-state index contributed by atoms with van der Waals surface area (Å²) in [7, 11) is -7.75. The van der Waals surface area contributed by atoms with Crippen molar-refractivity contribution >= 4 is 20.2 Å². The van der Waals surface area contributed by atoms with Crippen LogP contribution in [0.3, 0.4) is 0 Å². The Morgan fingerprint density at radius 3 is 1.83 bits per heavy atom. The molecular formula is C20H24O7S2. The molecule has 0 spiro atoms. The molecule has 0 saturated heterocycles. The third-order valence-electron chi connectivity index (χ3n) is 3.83. The van der Waals surface area contributed by atoms with E-state index in [9.17, 15) is 16.8 Å². The predicted molar refractivity (Wildman–Crippen MR) is 108 cm³/mol. The second-order valence-electron chi connectivity index (χ2n) is 6.43. The highest BCUT2D eigenvalue weighted by Crippen LogP contribution is 2.15. The van der Waals surface area contributed by atoms with Crippen LogP contribution in [-0.4, -0.2) is 36.2 Å². The van der Waals surface area contributed by atoms with E-state index in [1.54, 1.807) is 31.2 Å². The van der Waals surface area contributed by atoms with E-state index in [1.165, 1.54) is 30.3 Å². The van der Waals surface area contributed by atoms with Crippen molar-refractivity contribution in [2.75, 3.05) is 13.2 Å². The van der Waals surface area contributed by atoms with E-state index in [0.29, 0.717) is 0 Å². The summed E-state index contributed by atoms with van der Waals surface area (Å²) in [5, 5.41) is 0. The Hall–Kier alpha value is -2.20. The summed E-state index contributed by atoms with van der Waals surface area (Å²) in [6.45, 7) is 5.20. The molecule has 2 rings (SSSR count). The van der Waals surface area contributed by atoms with E-state index < -0.39 is 26.3 Å². The lowest BCUT2D eigenvalue weighted by Gasteiger charge is -2.12. The van der Waals surface area contributed by atoms with Crippen molar-refractivity contribution in [1.82, 2.24) is 0 Å². The summed E-state index contributed by atoms with van der Waals surface area (Å²) in [5.74, 6) is 0. The van der Waals surface area contributed by atoms with Crippen molar-refractivity contribution in [3.8, 4) is 0 Å². The lowest BCUT2D eigenvalue weighted by Crippen LogP contribution is -2.19. The van der Waals surface area contributed by atoms with Gasteiger partial charge in [-0.3, -0.25) is 4.18 Å². The predicted octanol–water partition coefficient (Wildman–Crippen LogP) is 3.33. The molecule has 0 bridgehead atoms. The van der Waals surface area contributed by atoms with Crippen molar-refractivity contribution < 1.29 is 29.9 Å². The molecule has 7 nitrogen and oxygen atoms in total. The van der Waals surface area contributed by atoms with E-state index >= 15 is 0 Å². The fourth-order valence-corrected chi connectivity index (χ4v) is 3.92. The van der Waals surface area contributed by atoms with Gasteiger partial charge in [-0.1, -0.05) is 35.4 Å². The molecule has 2 aromatic carbocycles. The molecule has 158 valence electrons. The zero-order valence-electron chi connectivity index (χ0n) is 16.4. The molecule has 1 atom stereocenters. The van der Waals surface area contributed by atoms with Gasteiger partial charge >= 0.3 is 10.1 Å². The molecule has 0 aliphatic rings. The third kappa shape index (κ3) is 7.28. The molecule has 0 amide bonds. The normalized spacial score (nSPS) is 13.5. The summed E-state index contributed by atoms with van der Waals surface area (Å²) in [4.78, 5) is 0.127. The number of benzene rings is 2. The van der Waals surface area contributed by atoms with Crippen molar-refractivity contribution in [3.05, 3.63) is 72.0 Å². The molecule has 0 heterocycles. The van der Waals surface area contributed by atoms with Crippen LogP contribution in [0.2, 0.25) is 0 Å². The Morgan fingerprint density at radius 1 is 0.828 bits per heavy atom. The Bertz CT molecular complexity index is 1020. The van der Waals surface area contributed by atoms with Crippen LogP contribution >= 0.6 is 0 Å². The SMILES string of the molecule is Cc1ccc(S(=O)(=O)O/C=C\COC(C)COS(=O)(=O)c2ccc(C)cc2)cc1. The molecule has 0 aliphatic heterocycles. The maximum absolute atomic E-state index is 12.1. The fourth-order valence-electron chi connectivity index (χ4n) is 2.14. The summed E-state index contributed by atoms with van der Waals surface area (Å²) in [5.41, 5.74) is 1.88. The largest absolute Gasteiger partial charge is 0.387 e. The maximum Gasteiger partial charge on any atom is 0.338 e. The highest BCUT2D eigenvalue weighted by molar-refractivity contribution is 7.87. The summed E-state index contributed by atoms with van der Waals surface area (Å²) >= 11 is 0. The van der Waals surface area contributed by atoms with Gasteiger partial charge in [0, 0.05) is 0 Å². The van der Waals surface area contributed by atoms with Gasteiger partial charge in [0.25, 0.3) is 10.1 Å². The van der Waals surface area contributed by atoms with Crippen molar-refractivity contribution in [3.63, 3.8) is 0 Å². The zero-order valence-corrected chi connectivity index (χ0v) is 18.1. The number of hydrogen-bond acceptors (Lipinski definition) is 7.